The maximum absolute atomic E-state index is 11.5. The topological polar surface area (TPSA) is 46.8 Å². The average Bonchev–Trinajstić information content (AvgIpc) is 3.52. The van der Waals surface area contributed by atoms with Crippen LogP contribution in [0.4, 0.5) is 11.4 Å². The second kappa shape index (κ2) is 7.39. The molecular formula is C24H25N3O2. The van der Waals surface area contributed by atoms with Gasteiger partial charge in [0.2, 0.25) is 0 Å². The maximum atomic E-state index is 11.5. The summed E-state index contributed by atoms with van der Waals surface area (Å²) in [6, 6.07) is 14.3. The molecule has 2 aromatic carbocycles. The van der Waals surface area contributed by atoms with Crippen LogP contribution in [0.25, 0.3) is 10.9 Å². The van der Waals surface area contributed by atoms with Gasteiger partial charge in [-0.1, -0.05) is 18.2 Å². The summed E-state index contributed by atoms with van der Waals surface area (Å²) in [5, 5.41) is 1.23. The Hall–Kier alpha value is -3.08. The molecule has 1 fully saturated rings. The molecule has 0 radical (unpaired) electrons. The molecule has 29 heavy (non-hydrogen) atoms. The van der Waals surface area contributed by atoms with Crippen molar-refractivity contribution < 1.29 is 9.53 Å². The molecule has 5 nitrogen and oxygen atoms in total. The summed E-state index contributed by atoms with van der Waals surface area (Å²) in [5.74, 6) is 1.51. The van der Waals surface area contributed by atoms with E-state index in [0.717, 1.165) is 54.5 Å². The van der Waals surface area contributed by atoms with Crippen LogP contribution >= 0.6 is 0 Å². The number of ether oxygens (including phenoxy) is 1. The molecule has 0 spiro atoms. The van der Waals surface area contributed by atoms with Gasteiger partial charge in [0.1, 0.15) is 17.7 Å². The number of nitrogens with zero attached hydrogens (tertiary/aromatic N) is 3. The summed E-state index contributed by atoms with van der Waals surface area (Å²) in [4.78, 5) is 18.5. The Balaban J connectivity index is 1.59. The molecular weight excluding hydrogens is 362 g/mol. The first-order valence-corrected chi connectivity index (χ1v) is 10.3. The van der Waals surface area contributed by atoms with Gasteiger partial charge in [-0.3, -0.25) is 9.79 Å². The Kier molecular flexibility index (Phi) is 4.58. The molecule has 1 aliphatic heterocycles. The first kappa shape index (κ1) is 18.0. The second-order valence-corrected chi connectivity index (χ2v) is 8.07. The van der Waals surface area contributed by atoms with Gasteiger partial charge in [0.25, 0.3) is 0 Å². The van der Waals surface area contributed by atoms with Crippen molar-refractivity contribution in [3.05, 3.63) is 53.7 Å². The third kappa shape index (κ3) is 3.53. The molecule has 1 aromatic heterocycles. The number of para-hydroxylation sites is 1. The molecule has 1 aliphatic carbocycles. The minimum atomic E-state index is 0.588. The Morgan fingerprint density at radius 2 is 2.07 bits per heavy atom. The third-order valence-corrected chi connectivity index (χ3v) is 5.81. The molecule has 3 aromatic rings. The fourth-order valence-electron chi connectivity index (χ4n) is 4.11. The molecule has 0 atom stereocenters. The Bertz CT molecular complexity index is 1090. The van der Waals surface area contributed by atoms with Gasteiger partial charge in [0, 0.05) is 36.6 Å². The van der Waals surface area contributed by atoms with Crippen LogP contribution in [-0.4, -0.2) is 37.3 Å². The molecule has 148 valence electrons. The summed E-state index contributed by atoms with van der Waals surface area (Å²) in [5.41, 5.74) is 4.67. The zero-order valence-corrected chi connectivity index (χ0v) is 16.7. The van der Waals surface area contributed by atoms with Gasteiger partial charge < -0.3 is 14.2 Å². The number of fused-ring (bicyclic) bond motifs is 2. The van der Waals surface area contributed by atoms with E-state index >= 15 is 0 Å². The van der Waals surface area contributed by atoms with E-state index in [0.29, 0.717) is 12.2 Å². The number of aldehydes is 1. The monoisotopic (exact) mass is 387 g/mol. The number of carbonyl (C=O) groups is 1. The number of benzene rings is 2. The van der Waals surface area contributed by atoms with E-state index in [4.69, 9.17) is 9.73 Å². The standard InChI is InChI=1S/C24H25N3O2/c1-26-9-4-10-29-23-12-18(16-28)11-21(24(23)26)25-14-20-13-19-5-2-3-6-22(19)27(20)15-17-7-8-17/h2-3,5-6,11-14,16-17H,4,7-10,15H2,1H3/b25-14+. The van der Waals surface area contributed by atoms with Crippen LogP contribution in [-0.2, 0) is 6.54 Å². The van der Waals surface area contributed by atoms with Crippen molar-refractivity contribution in [1.29, 1.82) is 0 Å². The zero-order chi connectivity index (χ0) is 19.8. The normalized spacial score (nSPS) is 16.7. The lowest BCUT2D eigenvalue weighted by molar-refractivity contribution is 0.112. The minimum absolute atomic E-state index is 0.588. The lowest BCUT2D eigenvalue weighted by atomic mass is 10.1. The van der Waals surface area contributed by atoms with Crippen LogP contribution in [0.15, 0.2) is 47.5 Å². The molecule has 1 saturated carbocycles. The highest BCUT2D eigenvalue weighted by molar-refractivity contribution is 5.93. The van der Waals surface area contributed by atoms with Gasteiger partial charge in [-0.05, 0) is 49.4 Å². The van der Waals surface area contributed by atoms with Crippen molar-refractivity contribution in [2.45, 2.75) is 25.8 Å². The summed E-state index contributed by atoms with van der Waals surface area (Å²) in [6.07, 6.45) is 6.35. The summed E-state index contributed by atoms with van der Waals surface area (Å²) in [7, 11) is 2.05. The number of aliphatic imine (C=N–C) groups is 1. The van der Waals surface area contributed by atoms with Crippen molar-refractivity contribution in [3.8, 4) is 5.75 Å². The highest BCUT2D eigenvalue weighted by Gasteiger charge is 2.23. The molecule has 0 saturated heterocycles. The smallest absolute Gasteiger partial charge is 0.150 e. The van der Waals surface area contributed by atoms with Crippen LogP contribution in [0.5, 0.6) is 5.75 Å². The number of rotatable bonds is 5. The zero-order valence-electron chi connectivity index (χ0n) is 16.7. The Morgan fingerprint density at radius 3 is 2.90 bits per heavy atom. The number of carbonyl (C=O) groups excluding carboxylic acids is 1. The molecule has 0 unspecified atom stereocenters. The van der Waals surface area contributed by atoms with Gasteiger partial charge in [0.15, 0.2) is 0 Å². The van der Waals surface area contributed by atoms with Gasteiger partial charge in [-0.25, -0.2) is 0 Å². The van der Waals surface area contributed by atoms with E-state index in [1.54, 1.807) is 0 Å². The van der Waals surface area contributed by atoms with Crippen LogP contribution in [0.1, 0.15) is 35.3 Å². The van der Waals surface area contributed by atoms with Gasteiger partial charge in [-0.2, -0.15) is 0 Å². The SMILES string of the molecule is CN1CCCOc2cc(C=O)cc(/N=C/c3cc4ccccc4n3CC3CC3)c21. The molecule has 0 N–H and O–H groups in total. The number of anilines is 1. The number of hydrogen-bond acceptors (Lipinski definition) is 4. The lowest BCUT2D eigenvalue weighted by Gasteiger charge is -2.20. The fraction of sp³-hybridized carbons (Fsp3) is 0.333. The Morgan fingerprint density at radius 1 is 1.21 bits per heavy atom. The van der Waals surface area contributed by atoms with E-state index in [1.165, 1.54) is 23.7 Å². The summed E-state index contributed by atoms with van der Waals surface area (Å²) >= 11 is 0. The first-order chi connectivity index (χ1) is 14.2. The largest absolute Gasteiger partial charge is 0.491 e. The van der Waals surface area contributed by atoms with E-state index in [1.807, 2.05) is 18.3 Å². The van der Waals surface area contributed by atoms with E-state index in [-0.39, 0.29) is 0 Å². The quantitative estimate of drug-likeness (QED) is 0.465. The molecule has 0 bridgehead atoms. The van der Waals surface area contributed by atoms with Crippen molar-refractivity contribution in [3.63, 3.8) is 0 Å². The van der Waals surface area contributed by atoms with Crippen LogP contribution in [0, 0.1) is 5.92 Å². The van der Waals surface area contributed by atoms with E-state index in [2.05, 4.69) is 46.8 Å². The Labute approximate surface area is 170 Å². The minimum Gasteiger partial charge on any atom is -0.491 e. The van der Waals surface area contributed by atoms with Crippen LogP contribution < -0.4 is 9.64 Å². The third-order valence-electron chi connectivity index (χ3n) is 5.81. The van der Waals surface area contributed by atoms with Gasteiger partial charge in [-0.15, -0.1) is 0 Å². The van der Waals surface area contributed by atoms with E-state index in [9.17, 15) is 4.79 Å². The predicted molar refractivity (Wildman–Crippen MR) is 117 cm³/mol. The number of hydrogen-bond donors (Lipinski definition) is 0. The fourth-order valence-corrected chi connectivity index (χ4v) is 4.11. The highest BCUT2D eigenvalue weighted by Crippen LogP contribution is 2.40. The average molecular weight is 387 g/mol. The molecule has 5 heteroatoms. The maximum Gasteiger partial charge on any atom is 0.150 e. The van der Waals surface area contributed by atoms with Crippen molar-refractivity contribution >= 4 is 34.8 Å². The first-order valence-electron chi connectivity index (χ1n) is 10.3. The van der Waals surface area contributed by atoms with Gasteiger partial charge >= 0.3 is 0 Å². The molecule has 0 amide bonds. The van der Waals surface area contributed by atoms with Crippen LogP contribution in [0.2, 0.25) is 0 Å². The summed E-state index contributed by atoms with van der Waals surface area (Å²) < 4.78 is 8.28. The molecule has 2 heterocycles. The molecule has 2 aliphatic rings. The van der Waals surface area contributed by atoms with Crippen molar-refractivity contribution in [2.24, 2.45) is 10.9 Å². The molecule has 5 rings (SSSR count). The second-order valence-electron chi connectivity index (χ2n) is 8.07. The highest BCUT2D eigenvalue weighted by atomic mass is 16.5. The van der Waals surface area contributed by atoms with Crippen LogP contribution in [0.3, 0.4) is 0 Å². The van der Waals surface area contributed by atoms with Gasteiger partial charge in [0.05, 0.1) is 24.2 Å². The lowest BCUT2D eigenvalue weighted by Crippen LogP contribution is -2.17. The number of aromatic nitrogens is 1. The van der Waals surface area contributed by atoms with E-state index < -0.39 is 0 Å². The van der Waals surface area contributed by atoms with Crippen molar-refractivity contribution in [1.82, 2.24) is 4.57 Å². The predicted octanol–water partition coefficient (Wildman–Crippen LogP) is 4.83. The summed E-state index contributed by atoms with van der Waals surface area (Å²) in [6.45, 7) is 2.58. The van der Waals surface area contributed by atoms with Crippen molar-refractivity contribution in [2.75, 3.05) is 25.1 Å².